The minimum Gasteiger partial charge on any atom is -0.316 e. The predicted octanol–water partition coefficient (Wildman–Crippen LogP) is 3.17. The van der Waals surface area contributed by atoms with Crippen molar-refractivity contribution in [2.24, 2.45) is 10.8 Å². The minimum absolute atomic E-state index is 0.142. The number of hydrogen-bond acceptors (Lipinski definition) is 3. The van der Waals surface area contributed by atoms with E-state index in [2.05, 4.69) is 30.1 Å². The second-order valence-corrected chi connectivity index (χ2v) is 7.61. The molecule has 0 aromatic heterocycles. The van der Waals surface area contributed by atoms with E-state index in [1.807, 2.05) is 0 Å². The van der Waals surface area contributed by atoms with Gasteiger partial charge in [-0.2, -0.15) is 5.26 Å². The summed E-state index contributed by atoms with van der Waals surface area (Å²) in [6.45, 7) is 10.3. The van der Waals surface area contributed by atoms with Crippen LogP contribution in [-0.2, 0) is 0 Å². The molecule has 2 aliphatic rings. The van der Waals surface area contributed by atoms with Gasteiger partial charge in [-0.15, -0.1) is 0 Å². The third-order valence-electron chi connectivity index (χ3n) is 5.13. The van der Waals surface area contributed by atoms with Gasteiger partial charge in [-0.25, -0.2) is 0 Å². The van der Waals surface area contributed by atoms with Crippen molar-refractivity contribution in [2.45, 2.75) is 58.8 Å². The molecule has 3 nitrogen and oxygen atoms in total. The van der Waals surface area contributed by atoms with E-state index < -0.39 is 0 Å². The molecule has 0 radical (unpaired) electrons. The first-order valence-electron chi connectivity index (χ1n) is 8.40. The van der Waals surface area contributed by atoms with Crippen molar-refractivity contribution in [1.29, 1.82) is 5.26 Å². The molecule has 1 atom stereocenters. The number of nitrogens with one attached hydrogen (secondary N) is 1. The lowest BCUT2D eigenvalue weighted by Gasteiger charge is -2.45. The SMILES string of the molecule is CC(C)(C#N)CCCCN1CCCC2(CCCNC2)C1. The van der Waals surface area contributed by atoms with Crippen molar-refractivity contribution in [3.8, 4) is 6.07 Å². The standard InChI is InChI=1S/C17H31N3/c1-16(2,13-18)7-3-4-11-20-12-6-9-17(15-20)8-5-10-19-14-17/h19H,3-12,14-15H2,1-2H3. The van der Waals surface area contributed by atoms with Gasteiger partial charge in [-0.1, -0.05) is 6.42 Å². The topological polar surface area (TPSA) is 39.1 Å². The zero-order valence-corrected chi connectivity index (χ0v) is 13.4. The number of piperidine rings is 2. The molecule has 3 heteroatoms. The Kier molecular flexibility index (Phi) is 5.46. The number of likely N-dealkylation sites (tertiary alicyclic amines) is 1. The van der Waals surface area contributed by atoms with Gasteiger partial charge in [0.15, 0.2) is 0 Å². The summed E-state index contributed by atoms with van der Waals surface area (Å²) < 4.78 is 0. The Labute approximate surface area is 124 Å². The average Bonchev–Trinajstić information content (AvgIpc) is 2.45. The van der Waals surface area contributed by atoms with Crippen LogP contribution in [0.1, 0.15) is 58.8 Å². The van der Waals surface area contributed by atoms with Crippen molar-refractivity contribution in [1.82, 2.24) is 10.2 Å². The molecule has 0 aromatic carbocycles. The number of nitriles is 1. The minimum atomic E-state index is -0.142. The van der Waals surface area contributed by atoms with Crippen molar-refractivity contribution in [2.75, 3.05) is 32.7 Å². The maximum Gasteiger partial charge on any atom is 0.0683 e. The van der Waals surface area contributed by atoms with Crippen LogP contribution in [0.25, 0.3) is 0 Å². The summed E-state index contributed by atoms with van der Waals surface area (Å²) >= 11 is 0. The molecule has 2 saturated heterocycles. The Morgan fingerprint density at radius 1 is 1.25 bits per heavy atom. The van der Waals surface area contributed by atoms with Crippen molar-refractivity contribution >= 4 is 0 Å². The molecule has 1 unspecified atom stereocenters. The Morgan fingerprint density at radius 3 is 2.75 bits per heavy atom. The highest BCUT2D eigenvalue weighted by Gasteiger charge is 2.36. The van der Waals surface area contributed by atoms with Gasteiger partial charge in [0.05, 0.1) is 11.5 Å². The lowest BCUT2D eigenvalue weighted by molar-refractivity contribution is 0.0633. The van der Waals surface area contributed by atoms with Crippen LogP contribution < -0.4 is 5.32 Å². The van der Waals surface area contributed by atoms with Crippen molar-refractivity contribution in [3.63, 3.8) is 0 Å². The molecule has 2 fully saturated rings. The van der Waals surface area contributed by atoms with E-state index in [0.717, 1.165) is 6.42 Å². The molecule has 1 N–H and O–H groups in total. The monoisotopic (exact) mass is 277 g/mol. The van der Waals surface area contributed by atoms with Crippen LogP contribution in [0, 0.1) is 22.2 Å². The zero-order valence-electron chi connectivity index (χ0n) is 13.4. The third kappa shape index (κ3) is 4.46. The smallest absolute Gasteiger partial charge is 0.0683 e. The fourth-order valence-corrected chi connectivity index (χ4v) is 3.84. The zero-order chi connectivity index (χ0) is 14.5. The highest BCUT2D eigenvalue weighted by Crippen LogP contribution is 2.36. The molecule has 0 aliphatic carbocycles. The van der Waals surface area contributed by atoms with E-state index in [0.29, 0.717) is 5.41 Å². The molecule has 20 heavy (non-hydrogen) atoms. The van der Waals surface area contributed by atoms with Crippen LogP contribution >= 0.6 is 0 Å². The van der Waals surface area contributed by atoms with Gasteiger partial charge in [-0.3, -0.25) is 0 Å². The fraction of sp³-hybridized carbons (Fsp3) is 0.941. The summed E-state index contributed by atoms with van der Waals surface area (Å²) in [5.41, 5.74) is 0.429. The summed E-state index contributed by atoms with van der Waals surface area (Å²) in [5.74, 6) is 0. The number of rotatable bonds is 5. The summed E-state index contributed by atoms with van der Waals surface area (Å²) in [6, 6.07) is 2.40. The Morgan fingerprint density at radius 2 is 2.05 bits per heavy atom. The Bertz CT molecular complexity index is 331. The van der Waals surface area contributed by atoms with Crippen LogP contribution in [0.5, 0.6) is 0 Å². The number of unbranched alkanes of at least 4 members (excludes halogenated alkanes) is 1. The van der Waals surface area contributed by atoms with Gasteiger partial charge in [0.25, 0.3) is 0 Å². The van der Waals surface area contributed by atoms with E-state index in [1.165, 1.54) is 71.2 Å². The lowest BCUT2D eigenvalue weighted by atomic mass is 9.74. The van der Waals surface area contributed by atoms with E-state index in [4.69, 9.17) is 5.26 Å². The second-order valence-electron chi connectivity index (χ2n) is 7.61. The largest absolute Gasteiger partial charge is 0.316 e. The molecular weight excluding hydrogens is 246 g/mol. The van der Waals surface area contributed by atoms with E-state index in [1.54, 1.807) is 0 Å². The Hall–Kier alpha value is -0.590. The molecule has 2 rings (SSSR count). The quantitative estimate of drug-likeness (QED) is 0.785. The second kappa shape index (κ2) is 6.91. The van der Waals surface area contributed by atoms with E-state index in [9.17, 15) is 0 Å². The van der Waals surface area contributed by atoms with Crippen LogP contribution in [0.3, 0.4) is 0 Å². The normalized spacial score (nSPS) is 28.4. The van der Waals surface area contributed by atoms with Crippen LogP contribution in [-0.4, -0.2) is 37.6 Å². The van der Waals surface area contributed by atoms with Crippen molar-refractivity contribution in [3.05, 3.63) is 0 Å². The van der Waals surface area contributed by atoms with E-state index in [-0.39, 0.29) is 5.41 Å². The molecule has 0 amide bonds. The summed E-state index contributed by atoms with van der Waals surface area (Å²) in [7, 11) is 0. The van der Waals surface area contributed by atoms with Gasteiger partial charge in [-0.05, 0) is 77.4 Å². The molecule has 2 aliphatic heterocycles. The third-order valence-corrected chi connectivity index (χ3v) is 5.13. The Balaban J connectivity index is 1.70. The van der Waals surface area contributed by atoms with Crippen LogP contribution in [0.15, 0.2) is 0 Å². The molecular formula is C17H31N3. The number of hydrogen-bond donors (Lipinski definition) is 1. The first-order chi connectivity index (χ1) is 9.55. The number of nitrogens with zero attached hydrogens (tertiary/aromatic N) is 2. The maximum absolute atomic E-state index is 9.04. The van der Waals surface area contributed by atoms with Gasteiger partial charge in [0.1, 0.15) is 0 Å². The van der Waals surface area contributed by atoms with Crippen LogP contribution in [0.2, 0.25) is 0 Å². The highest BCUT2D eigenvalue weighted by molar-refractivity contribution is 4.92. The van der Waals surface area contributed by atoms with Crippen molar-refractivity contribution < 1.29 is 0 Å². The highest BCUT2D eigenvalue weighted by atomic mass is 15.1. The maximum atomic E-state index is 9.04. The van der Waals surface area contributed by atoms with Gasteiger partial charge in [0, 0.05) is 13.1 Å². The molecule has 2 heterocycles. The van der Waals surface area contributed by atoms with Gasteiger partial charge >= 0.3 is 0 Å². The van der Waals surface area contributed by atoms with Crippen LogP contribution in [0.4, 0.5) is 0 Å². The fourth-order valence-electron chi connectivity index (χ4n) is 3.84. The predicted molar refractivity (Wildman–Crippen MR) is 83.5 cm³/mol. The average molecular weight is 277 g/mol. The molecule has 0 saturated carbocycles. The summed E-state index contributed by atoms with van der Waals surface area (Å²) in [6.07, 6.45) is 9.01. The molecule has 0 aromatic rings. The summed E-state index contributed by atoms with van der Waals surface area (Å²) in [5, 5.41) is 12.6. The van der Waals surface area contributed by atoms with Gasteiger partial charge < -0.3 is 10.2 Å². The first kappa shape index (κ1) is 15.8. The van der Waals surface area contributed by atoms with Gasteiger partial charge in [0.2, 0.25) is 0 Å². The first-order valence-corrected chi connectivity index (χ1v) is 8.40. The summed E-state index contributed by atoms with van der Waals surface area (Å²) in [4.78, 5) is 2.68. The van der Waals surface area contributed by atoms with E-state index >= 15 is 0 Å². The lowest BCUT2D eigenvalue weighted by Crippen LogP contribution is -2.51. The molecule has 114 valence electrons. The molecule has 1 spiro atoms. The molecule has 0 bridgehead atoms.